The molecule has 3 aromatic rings. The highest BCUT2D eigenvalue weighted by molar-refractivity contribution is 7.90. The van der Waals surface area contributed by atoms with Gasteiger partial charge in [0.15, 0.2) is 9.84 Å². The summed E-state index contributed by atoms with van der Waals surface area (Å²) in [5.41, 5.74) is 2.77. The van der Waals surface area contributed by atoms with E-state index in [9.17, 15) is 13.2 Å². The third kappa shape index (κ3) is 7.93. The number of nitrogens with zero attached hydrogens (tertiary/aromatic N) is 4. The number of piperazine rings is 1. The van der Waals surface area contributed by atoms with Crippen LogP contribution in [0.5, 0.6) is 0 Å². The van der Waals surface area contributed by atoms with Crippen LogP contribution in [0, 0.1) is 5.41 Å². The van der Waals surface area contributed by atoms with Gasteiger partial charge in [-0.1, -0.05) is 35.9 Å². The molecule has 222 valence electrons. The van der Waals surface area contributed by atoms with E-state index in [4.69, 9.17) is 22.0 Å². The van der Waals surface area contributed by atoms with Crippen molar-refractivity contribution >= 4 is 55.8 Å². The highest BCUT2D eigenvalue weighted by Gasteiger charge is 2.24. The minimum Gasteiger partial charge on any atom is -0.342 e. The lowest BCUT2D eigenvalue weighted by Gasteiger charge is -2.35. The Morgan fingerprint density at radius 1 is 0.929 bits per heavy atom. The Kier molecular flexibility index (Phi) is 9.90. The number of rotatable bonds is 10. The van der Waals surface area contributed by atoms with Crippen LogP contribution >= 0.6 is 22.9 Å². The first-order valence-corrected chi connectivity index (χ1v) is 17.3. The molecule has 0 bridgehead atoms. The van der Waals surface area contributed by atoms with E-state index in [1.807, 2.05) is 41.3 Å². The van der Waals surface area contributed by atoms with E-state index in [1.165, 1.54) is 17.6 Å². The lowest BCUT2D eigenvalue weighted by atomic mass is 10.1. The molecule has 42 heavy (non-hydrogen) atoms. The zero-order chi connectivity index (χ0) is 29.7. The summed E-state index contributed by atoms with van der Waals surface area (Å²) in [6.07, 6.45) is 3.78. The van der Waals surface area contributed by atoms with Gasteiger partial charge in [0.1, 0.15) is 0 Å². The first kappa shape index (κ1) is 30.6. The molecule has 0 aliphatic carbocycles. The van der Waals surface area contributed by atoms with Gasteiger partial charge < -0.3 is 10.3 Å². The molecule has 2 saturated heterocycles. The van der Waals surface area contributed by atoms with Gasteiger partial charge in [0.2, 0.25) is 5.91 Å². The van der Waals surface area contributed by atoms with Crippen molar-refractivity contribution in [3.05, 3.63) is 70.6 Å². The summed E-state index contributed by atoms with van der Waals surface area (Å²) in [5, 5.41) is 9.42. The topological polar surface area (TPSA) is 97.1 Å². The molecule has 8 nitrogen and oxygen atoms in total. The minimum absolute atomic E-state index is 0.229. The second kappa shape index (κ2) is 13.6. The first-order chi connectivity index (χ1) is 20.2. The molecule has 0 unspecified atom stereocenters. The fourth-order valence-corrected chi connectivity index (χ4v) is 7.12. The maximum absolute atomic E-state index is 12.5. The van der Waals surface area contributed by atoms with Crippen LogP contribution < -0.4 is 0 Å². The molecule has 2 aromatic carbocycles. The standard InChI is InChI=1S/C31H36ClN5O3S2/c1-42(39,40)25-8-6-7-23(19-25)29-11-12-30(41-29)28(34-27-10-3-2-9-26(27)32)20-24(33)21-35-15-17-36(18-16-35)22-31(38)37-13-4-5-14-37/h2-3,6-12,19,33H,4-5,13-18,20-22H2,1H3. The number of para-hydroxylation sites is 1. The molecule has 0 atom stereocenters. The molecule has 0 radical (unpaired) electrons. The summed E-state index contributed by atoms with van der Waals surface area (Å²) in [7, 11) is -3.32. The molecular formula is C31H36ClN5O3S2. The van der Waals surface area contributed by atoms with Crippen LogP contribution in [0.1, 0.15) is 24.1 Å². The molecule has 1 aromatic heterocycles. The van der Waals surface area contributed by atoms with Crippen LogP contribution in [0.4, 0.5) is 5.69 Å². The van der Waals surface area contributed by atoms with Gasteiger partial charge in [-0.05, 0) is 54.8 Å². The van der Waals surface area contributed by atoms with Crippen LogP contribution in [-0.2, 0) is 14.6 Å². The number of likely N-dealkylation sites (tertiary alicyclic amines) is 1. The zero-order valence-corrected chi connectivity index (χ0v) is 26.1. The Bertz CT molecular complexity index is 1570. The Labute approximate surface area is 257 Å². The number of thiophene rings is 1. The van der Waals surface area contributed by atoms with Gasteiger partial charge >= 0.3 is 0 Å². The Hall–Kier alpha value is -2.89. The predicted octanol–water partition coefficient (Wildman–Crippen LogP) is 5.24. The van der Waals surface area contributed by atoms with Gasteiger partial charge in [-0.3, -0.25) is 19.6 Å². The SMILES string of the molecule is CS(=O)(=O)c1cccc(-c2ccc(C(CC(=N)CN3CCN(CC(=O)N4CCCC4)CC3)=Nc3ccccc3Cl)s2)c1. The van der Waals surface area contributed by atoms with E-state index in [0.717, 1.165) is 73.1 Å². The Balaban J connectivity index is 1.27. The van der Waals surface area contributed by atoms with Crippen LogP contribution in [0.25, 0.3) is 10.4 Å². The van der Waals surface area contributed by atoms with E-state index < -0.39 is 9.84 Å². The van der Waals surface area contributed by atoms with Gasteiger partial charge in [-0.2, -0.15) is 0 Å². The van der Waals surface area contributed by atoms with Gasteiger partial charge in [0, 0.05) is 74.0 Å². The summed E-state index contributed by atoms with van der Waals surface area (Å²) in [5.74, 6) is 0.229. The summed E-state index contributed by atoms with van der Waals surface area (Å²) in [4.78, 5) is 26.0. The number of hydrogen-bond acceptors (Lipinski definition) is 8. The number of aliphatic imine (C=N–C) groups is 1. The van der Waals surface area contributed by atoms with Gasteiger partial charge in [-0.25, -0.2) is 8.42 Å². The van der Waals surface area contributed by atoms with E-state index in [1.54, 1.807) is 24.3 Å². The summed E-state index contributed by atoms with van der Waals surface area (Å²) >= 11 is 7.97. The number of nitrogens with one attached hydrogen (secondary N) is 1. The number of carbonyl (C=O) groups is 1. The maximum Gasteiger partial charge on any atom is 0.236 e. The molecule has 0 saturated carbocycles. The lowest BCUT2D eigenvalue weighted by molar-refractivity contribution is -0.131. The predicted molar refractivity (Wildman–Crippen MR) is 172 cm³/mol. The second-order valence-electron chi connectivity index (χ2n) is 10.9. The third-order valence-corrected chi connectivity index (χ3v) is 10.2. The van der Waals surface area contributed by atoms with Crippen LogP contribution in [-0.4, -0.2) is 99.1 Å². The van der Waals surface area contributed by atoms with E-state index >= 15 is 0 Å². The summed E-state index contributed by atoms with van der Waals surface area (Å²) in [6.45, 7) is 6.03. The summed E-state index contributed by atoms with van der Waals surface area (Å²) < 4.78 is 24.2. The lowest BCUT2D eigenvalue weighted by Crippen LogP contribution is -2.50. The van der Waals surface area contributed by atoms with Crippen molar-refractivity contribution in [2.45, 2.75) is 24.2 Å². The highest BCUT2D eigenvalue weighted by Crippen LogP contribution is 2.32. The number of hydrogen-bond donors (Lipinski definition) is 1. The average molecular weight is 626 g/mol. The van der Waals surface area contributed by atoms with E-state index in [0.29, 0.717) is 35.9 Å². The van der Waals surface area contributed by atoms with E-state index in [2.05, 4.69) is 9.80 Å². The number of benzene rings is 2. The Morgan fingerprint density at radius 2 is 1.62 bits per heavy atom. The average Bonchev–Trinajstić information content (AvgIpc) is 3.68. The zero-order valence-electron chi connectivity index (χ0n) is 23.8. The van der Waals surface area contributed by atoms with E-state index in [-0.39, 0.29) is 10.8 Å². The molecule has 2 aliphatic rings. The van der Waals surface area contributed by atoms with Crippen molar-refractivity contribution in [3.63, 3.8) is 0 Å². The molecule has 5 rings (SSSR count). The molecule has 1 amide bonds. The number of sulfone groups is 1. The monoisotopic (exact) mass is 625 g/mol. The highest BCUT2D eigenvalue weighted by atomic mass is 35.5. The molecule has 1 N–H and O–H groups in total. The Morgan fingerprint density at radius 3 is 2.31 bits per heavy atom. The molecule has 0 spiro atoms. The number of carbonyl (C=O) groups excluding carboxylic acids is 1. The van der Waals surface area contributed by atoms with Crippen LogP contribution in [0.2, 0.25) is 5.02 Å². The van der Waals surface area contributed by atoms with Gasteiger partial charge in [0.25, 0.3) is 0 Å². The smallest absolute Gasteiger partial charge is 0.236 e. The minimum atomic E-state index is -3.32. The third-order valence-electron chi connectivity index (χ3n) is 7.62. The molecular weight excluding hydrogens is 590 g/mol. The van der Waals surface area contributed by atoms with Crippen LogP contribution in [0.15, 0.2) is 70.6 Å². The fraction of sp³-hybridized carbons (Fsp3) is 0.387. The molecule has 11 heteroatoms. The van der Waals surface area contributed by atoms with Crippen LogP contribution in [0.3, 0.4) is 0 Å². The van der Waals surface area contributed by atoms with Gasteiger partial charge in [-0.15, -0.1) is 11.3 Å². The first-order valence-electron chi connectivity index (χ1n) is 14.2. The summed E-state index contributed by atoms with van der Waals surface area (Å²) in [6, 6.07) is 18.3. The quantitative estimate of drug-likeness (QED) is 0.311. The second-order valence-corrected chi connectivity index (χ2v) is 14.4. The van der Waals surface area contributed by atoms with Crippen molar-refractivity contribution < 1.29 is 13.2 Å². The number of amides is 1. The van der Waals surface area contributed by atoms with Crippen molar-refractivity contribution in [3.8, 4) is 10.4 Å². The normalized spacial score (nSPS) is 17.1. The van der Waals surface area contributed by atoms with Crippen molar-refractivity contribution in [1.82, 2.24) is 14.7 Å². The van der Waals surface area contributed by atoms with Crippen molar-refractivity contribution in [2.24, 2.45) is 4.99 Å². The molecule has 2 fully saturated rings. The fourth-order valence-electron chi connectivity index (χ4n) is 5.29. The molecule has 3 heterocycles. The van der Waals surface area contributed by atoms with Gasteiger partial charge in [0.05, 0.1) is 27.9 Å². The molecule has 2 aliphatic heterocycles. The van der Waals surface area contributed by atoms with Crippen molar-refractivity contribution in [2.75, 3.05) is 58.6 Å². The number of halogens is 1. The van der Waals surface area contributed by atoms with Crippen molar-refractivity contribution in [1.29, 1.82) is 5.41 Å². The largest absolute Gasteiger partial charge is 0.342 e. The maximum atomic E-state index is 12.5.